The highest BCUT2D eigenvalue weighted by Crippen LogP contribution is 2.23. The Kier molecular flexibility index (Phi) is 4.91. The summed E-state index contributed by atoms with van der Waals surface area (Å²) in [5, 5.41) is 0.509. The largest absolute Gasteiger partial charge is 0.335 e. The number of carbonyl (C=O) groups is 2. The summed E-state index contributed by atoms with van der Waals surface area (Å²) >= 11 is 5.94. The highest BCUT2D eigenvalue weighted by molar-refractivity contribution is 6.30. The molecule has 0 N–H and O–H groups in total. The second-order valence-electron chi connectivity index (χ2n) is 7.29. The van der Waals surface area contributed by atoms with Crippen LogP contribution in [0, 0.1) is 0 Å². The van der Waals surface area contributed by atoms with Gasteiger partial charge in [-0.1, -0.05) is 23.7 Å². The van der Waals surface area contributed by atoms with Crippen LogP contribution in [0.5, 0.6) is 0 Å². The quantitative estimate of drug-likeness (QED) is 0.604. The Balaban J connectivity index is 1.84. The summed E-state index contributed by atoms with van der Waals surface area (Å²) in [4.78, 5) is 52.4. The number of hydrogen-bond donors (Lipinski definition) is 0. The van der Waals surface area contributed by atoms with E-state index in [0.717, 1.165) is 9.47 Å². The highest BCUT2D eigenvalue weighted by Gasteiger charge is 2.35. The third kappa shape index (κ3) is 3.17. The number of rotatable bonds is 4. The number of carbonyl (C=O) groups excluding carboxylic acids is 2. The predicted molar refractivity (Wildman–Crippen MR) is 112 cm³/mol. The van der Waals surface area contributed by atoms with Crippen LogP contribution in [0.15, 0.2) is 64.3 Å². The molecule has 4 rings (SSSR count). The lowest BCUT2D eigenvalue weighted by Gasteiger charge is -2.18. The van der Waals surface area contributed by atoms with Gasteiger partial charge in [-0.3, -0.25) is 28.4 Å². The van der Waals surface area contributed by atoms with Crippen molar-refractivity contribution in [2.45, 2.75) is 26.4 Å². The van der Waals surface area contributed by atoms with E-state index in [4.69, 9.17) is 11.6 Å². The zero-order chi connectivity index (χ0) is 21.6. The molecule has 2 heterocycles. The molecule has 8 heteroatoms. The van der Waals surface area contributed by atoms with Gasteiger partial charge in [0.05, 0.1) is 28.9 Å². The summed E-state index contributed by atoms with van der Waals surface area (Å²) in [6.07, 6.45) is 1.39. The molecule has 7 nitrogen and oxygen atoms in total. The molecule has 2 amide bonds. The molecule has 0 spiro atoms. The minimum absolute atomic E-state index is 0.160. The predicted octanol–water partition coefficient (Wildman–Crippen LogP) is 3.03. The van der Waals surface area contributed by atoms with Gasteiger partial charge in [0, 0.05) is 17.3 Å². The number of halogens is 1. The summed E-state index contributed by atoms with van der Waals surface area (Å²) < 4.78 is 2.44. The molecule has 152 valence electrons. The second-order valence-corrected chi connectivity index (χ2v) is 7.73. The van der Waals surface area contributed by atoms with Crippen LogP contribution in [0.3, 0.4) is 0 Å². The van der Waals surface area contributed by atoms with E-state index in [0.29, 0.717) is 21.8 Å². The minimum Gasteiger partial charge on any atom is -0.270 e. The first kappa shape index (κ1) is 19.8. The van der Waals surface area contributed by atoms with Gasteiger partial charge in [0.25, 0.3) is 17.4 Å². The molecule has 1 aliphatic heterocycles. The van der Waals surface area contributed by atoms with Gasteiger partial charge in [0.2, 0.25) is 0 Å². The molecular weight excluding hydrogens is 406 g/mol. The lowest BCUT2D eigenvalue weighted by molar-refractivity contribution is 0.0641. The topological polar surface area (TPSA) is 81.4 Å². The van der Waals surface area contributed by atoms with Crippen LogP contribution in [0.25, 0.3) is 5.69 Å². The fourth-order valence-corrected chi connectivity index (χ4v) is 3.65. The maximum atomic E-state index is 13.0. The average Bonchev–Trinajstić information content (AvgIpc) is 2.95. The SMILES string of the molecule is CC(C)n1c(=O)c(CN2C(=O)c3ccccc3C2=O)cn(-c2ccc(Cl)cc2)c1=O. The maximum Gasteiger partial charge on any atom is 0.335 e. The third-order valence-corrected chi connectivity index (χ3v) is 5.27. The number of fused-ring (bicyclic) bond motifs is 1. The van der Waals surface area contributed by atoms with Gasteiger partial charge in [-0.15, -0.1) is 0 Å². The monoisotopic (exact) mass is 423 g/mol. The van der Waals surface area contributed by atoms with E-state index < -0.39 is 29.1 Å². The van der Waals surface area contributed by atoms with Gasteiger partial charge < -0.3 is 0 Å². The van der Waals surface area contributed by atoms with E-state index in [1.54, 1.807) is 62.4 Å². The van der Waals surface area contributed by atoms with Crippen molar-refractivity contribution in [3.63, 3.8) is 0 Å². The molecule has 2 aromatic carbocycles. The molecule has 1 aliphatic rings. The van der Waals surface area contributed by atoms with Crippen molar-refractivity contribution < 1.29 is 9.59 Å². The first-order valence-electron chi connectivity index (χ1n) is 9.38. The van der Waals surface area contributed by atoms with Crippen LogP contribution in [0.1, 0.15) is 46.2 Å². The van der Waals surface area contributed by atoms with Crippen LogP contribution < -0.4 is 11.2 Å². The fraction of sp³-hybridized carbons (Fsp3) is 0.182. The van der Waals surface area contributed by atoms with E-state index in [1.165, 1.54) is 10.8 Å². The number of amides is 2. The van der Waals surface area contributed by atoms with Crippen LogP contribution in [0.4, 0.5) is 0 Å². The van der Waals surface area contributed by atoms with Crippen molar-refractivity contribution in [1.82, 2.24) is 14.0 Å². The Morgan fingerprint density at radius 2 is 1.43 bits per heavy atom. The molecule has 3 aromatic rings. The maximum absolute atomic E-state index is 13.0. The van der Waals surface area contributed by atoms with Gasteiger partial charge in [-0.05, 0) is 50.2 Å². The highest BCUT2D eigenvalue weighted by atomic mass is 35.5. The lowest BCUT2D eigenvalue weighted by Crippen LogP contribution is -2.43. The summed E-state index contributed by atoms with van der Waals surface area (Å²) in [6, 6.07) is 12.7. The molecule has 0 atom stereocenters. The molecular formula is C22H18ClN3O4. The smallest absolute Gasteiger partial charge is 0.270 e. The zero-order valence-electron chi connectivity index (χ0n) is 16.3. The minimum atomic E-state index is -0.531. The zero-order valence-corrected chi connectivity index (χ0v) is 17.1. The van der Waals surface area contributed by atoms with Crippen LogP contribution in [-0.4, -0.2) is 25.8 Å². The van der Waals surface area contributed by atoms with E-state index >= 15 is 0 Å². The van der Waals surface area contributed by atoms with E-state index in [-0.39, 0.29) is 12.1 Å². The normalized spacial score (nSPS) is 13.3. The van der Waals surface area contributed by atoms with Crippen molar-refractivity contribution in [3.8, 4) is 5.69 Å². The molecule has 0 saturated heterocycles. The Morgan fingerprint density at radius 3 is 1.97 bits per heavy atom. The number of nitrogens with zero attached hydrogens (tertiary/aromatic N) is 3. The Labute approximate surface area is 176 Å². The molecule has 0 fully saturated rings. The molecule has 30 heavy (non-hydrogen) atoms. The number of hydrogen-bond acceptors (Lipinski definition) is 4. The first-order valence-corrected chi connectivity index (χ1v) is 9.75. The van der Waals surface area contributed by atoms with E-state index in [2.05, 4.69) is 0 Å². The average molecular weight is 424 g/mol. The lowest BCUT2D eigenvalue weighted by atomic mass is 10.1. The molecule has 1 aromatic heterocycles. The van der Waals surface area contributed by atoms with Gasteiger partial charge in [0.1, 0.15) is 0 Å². The number of aromatic nitrogens is 2. The van der Waals surface area contributed by atoms with Crippen molar-refractivity contribution >= 4 is 23.4 Å². The summed E-state index contributed by atoms with van der Waals surface area (Å²) in [7, 11) is 0. The van der Waals surface area contributed by atoms with Crippen LogP contribution in [0.2, 0.25) is 5.02 Å². The van der Waals surface area contributed by atoms with Crippen LogP contribution >= 0.6 is 11.6 Å². The molecule has 0 aliphatic carbocycles. The number of imide groups is 1. The molecule has 0 saturated carbocycles. The summed E-state index contributed by atoms with van der Waals surface area (Å²) in [5.74, 6) is -0.925. The molecule has 0 radical (unpaired) electrons. The molecule has 0 unspecified atom stereocenters. The third-order valence-electron chi connectivity index (χ3n) is 5.02. The van der Waals surface area contributed by atoms with Crippen molar-refractivity contribution in [2.24, 2.45) is 0 Å². The van der Waals surface area contributed by atoms with E-state index in [1.807, 2.05) is 0 Å². The standard InChI is InChI=1S/C22H18ClN3O4/c1-13(2)26-19(27)14(11-24(22(26)30)16-9-7-15(23)8-10-16)12-25-20(28)17-5-3-4-6-18(17)21(25)29/h3-11,13H,12H2,1-2H3. The first-order chi connectivity index (χ1) is 14.3. The Morgan fingerprint density at radius 1 is 0.867 bits per heavy atom. The van der Waals surface area contributed by atoms with Crippen LogP contribution in [-0.2, 0) is 6.54 Å². The second kappa shape index (κ2) is 7.42. The van der Waals surface area contributed by atoms with E-state index in [9.17, 15) is 19.2 Å². The van der Waals surface area contributed by atoms with Crippen molar-refractivity contribution in [2.75, 3.05) is 0 Å². The number of benzene rings is 2. The van der Waals surface area contributed by atoms with Gasteiger partial charge in [-0.25, -0.2) is 4.79 Å². The Hall–Kier alpha value is -3.45. The van der Waals surface area contributed by atoms with Crippen molar-refractivity contribution in [3.05, 3.63) is 97.3 Å². The summed E-state index contributed by atoms with van der Waals surface area (Å²) in [5.41, 5.74) is 0.241. The summed E-state index contributed by atoms with van der Waals surface area (Å²) in [6.45, 7) is 3.22. The van der Waals surface area contributed by atoms with Gasteiger partial charge in [-0.2, -0.15) is 0 Å². The Bertz CT molecular complexity index is 1250. The van der Waals surface area contributed by atoms with Gasteiger partial charge in [0.15, 0.2) is 0 Å². The van der Waals surface area contributed by atoms with Crippen molar-refractivity contribution in [1.29, 1.82) is 0 Å². The molecule has 0 bridgehead atoms. The van der Waals surface area contributed by atoms with Gasteiger partial charge >= 0.3 is 5.69 Å². The fourth-order valence-electron chi connectivity index (χ4n) is 3.53.